The first-order chi connectivity index (χ1) is 10.5. The van der Waals surface area contributed by atoms with Gasteiger partial charge in [0.05, 0.1) is 28.6 Å². The fourth-order valence-electron chi connectivity index (χ4n) is 2.04. The monoisotopic (exact) mass is 330 g/mol. The van der Waals surface area contributed by atoms with Crippen LogP contribution < -0.4 is 0 Å². The lowest BCUT2D eigenvalue weighted by atomic mass is 10.2. The molecule has 0 spiro atoms. The molecule has 0 aliphatic heterocycles. The average Bonchev–Trinajstić information content (AvgIpc) is 2.97. The minimum atomic E-state index is -3.16. The minimum absolute atomic E-state index is 0.00469. The van der Waals surface area contributed by atoms with Crippen LogP contribution in [-0.2, 0) is 0 Å². The molecule has 0 aliphatic rings. The van der Waals surface area contributed by atoms with Crippen molar-refractivity contribution in [2.75, 3.05) is 0 Å². The van der Waals surface area contributed by atoms with Crippen LogP contribution >= 0.6 is 11.6 Å². The average molecular weight is 331 g/mol. The molecule has 0 unspecified atom stereocenters. The summed E-state index contributed by atoms with van der Waals surface area (Å²) in [5, 5.41) is 4.43. The molecule has 0 N–H and O–H groups in total. The minimum Gasteiger partial charge on any atom is -0.251 e. The number of fused-ring (bicyclic) bond motifs is 1. The lowest BCUT2D eigenvalue weighted by Gasteiger charge is -2.10. The van der Waals surface area contributed by atoms with Gasteiger partial charge in [-0.2, -0.15) is 5.10 Å². The molecule has 0 aromatic carbocycles. The molecule has 3 rings (SSSR count). The fourth-order valence-corrected chi connectivity index (χ4v) is 2.25. The number of alkyl halides is 4. The maximum Gasteiger partial charge on any atom is 0.282 e. The zero-order chi connectivity index (χ0) is 15.9. The summed E-state index contributed by atoms with van der Waals surface area (Å²) in [5.41, 5.74) is -1.20. The molecule has 22 heavy (non-hydrogen) atoms. The predicted molar refractivity (Wildman–Crippen MR) is 71.1 cm³/mol. The summed E-state index contributed by atoms with van der Waals surface area (Å²) < 4.78 is 52.6. The number of pyridine rings is 1. The lowest BCUT2D eigenvalue weighted by Crippen LogP contribution is -2.05. The first-order valence-electron chi connectivity index (χ1n) is 6.05. The third-order valence-corrected chi connectivity index (χ3v) is 3.33. The Morgan fingerprint density at radius 2 is 1.73 bits per heavy atom. The highest BCUT2D eigenvalue weighted by Gasteiger charge is 2.24. The van der Waals surface area contributed by atoms with E-state index in [-0.39, 0.29) is 5.69 Å². The van der Waals surface area contributed by atoms with E-state index in [0.29, 0.717) is 16.2 Å². The van der Waals surface area contributed by atoms with Gasteiger partial charge in [0.2, 0.25) is 0 Å². The van der Waals surface area contributed by atoms with Crippen molar-refractivity contribution in [2.24, 2.45) is 0 Å². The molecule has 0 saturated carbocycles. The van der Waals surface area contributed by atoms with E-state index in [1.54, 1.807) is 12.1 Å². The summed E-state index contributed by atoms with van der Waals surface area (Å²) in [5.74, 6) is 0. The van der Waals surface area contributed by atoms with Crippen LogP contribution in [0.2, 0.25) is 5.02 Å². The number of halogens is 5. The van der Waals surface area contributed by atoms with Crippen molar-refractivity contribution in [1.82, 2.24) is 19.6 Å². The van der Waals surface area contributed by atoms with Gasteiger partial charge in [0.15, 0.2) is 0 Å². The number of hydrogen-bond donors (Lipinski definition) is 0. The van der Waals surface area contributed by atoms with Crippen molar-refractivity contribution in [3.05, 3.63) is 47.0 Å². The topological polar surface area (TPSA) is 43.1 Å². The number of nitrogens with zero attached hydrogens (tertiary/aromatic N) is 4. The van der Waals surface area contributed by atoms with Gasteiger partial charge in [0, 0.05) is 0 Å². The van der Waals surface area contributed by atoms with E-state index in [1.165, 1.54) is 16.8 Å². The Morgan fingerprint density at radius 1 is 1.00 bits per heavy atom. The number of rotatable bonds is 3. The maximum absolute atomic E-state index is 12.9. The Bertz CT molecular complexity index is 834. The van der Waals surface area contributed by atoms with Crippen LogP contribution in [0.1, 0.15) is 24.2 Å². The largest absolute Gasteiger partial charge is 0.282 e. The van der Waals surface area contributed by atoms with Crippen molar-refractivity contribution in [1.29, 1.82) is 0 Å². The van der Waals surface area contributed by atoms with Crippen molar-refractivity contribution >= 4 is 17.1 Å². The molecule has 114 valence electrons. The van der Waals surface area contributed by atoms with Gasteiger partial charge in [-0.25, -0.2) is 27.1 Å². The standard InChI is InChI=1S/C13H7ClF4N4/c14-6-1-2-9(22-8(6)3-4-20-22)7-5-19-10(12(15)16)11(21-7)13(17)18/h1-5,12-13H. The van der Waals surface area contributed by atoms with E-state index < -0.39 is 24.2 Å². The van der Waals surface area contributed by atoms with Gasteiger partial charge < -0.3 is 0 Å². The van der Waals surface area contributed by atoms with E-state index in [2.05, 4.69) is 15.1 Å². The zero-order valence-electron chi connectivity index (χ0n) is 10.7. The van der Waals surface area contributed by atoms with Gasteiger partial charge in [0.25, 0.3) is 12.9 Å². The Hall–Kier alpha value is -2.22. The summed E-state index contributed by atoms with van der Waals surface area (Å²) in [4.78, 5) is 7.05. The first kappa shape index (κ1) is 14.7. The Kier molecular flexibility index (Phi) is 3.69. The maximum atomic E-state index is 12.9. The van der Waals surface area contributed by atoms with Crippen LogP contribution in [-0.4, -0.2) is 19.6 Å². The van der Waals surface area contributed by atoms with Crippen molar-refractivity contribution < 1.29 is 17.6 Å². The van der Waals surface area contributed by atoms with E-state index in [0.717, 1.165) is 6.20 Å². The highest BCUT2D eigenvalue weighted by Crippen LogP contribution is 2.30. The molecule has 3 heterocycles. The Labute approximate surface area is 126 Å². The Morgan fingerprint density at radius 3 is 2.41 bits per heavy atom. The highest BCUT2D eigenvalue weighted by molar-refractivity contribution is 6.33. The van der Waals surface area contributed by atoms with Crippen molar-refractivity contribution in [3.63, 3.8) is 0 Å². The van der Waals surface area contributed by atoms with E-state index in [1.807, 2.05) is 0 Å². The summed E-state index contributed by atoms with van der Waals surface area (Å²) in [6, 6.07) is 4.67. The molecule has 0 fully saturated rings. The van der Waals surface area contributed by atoms with Crippen LogP contribution in [0, 0.1) is 0 Å². The number of aromatic nitrogens is 4. The highest BCUT2D eigenvalue weighted by atomic mass is 35.5. The molecule has 0 atom stereocenters. The molecule has 9 heteroatoms. The summed E-state index contributed by atoms with van der Waals surface area (Å²) in [6.45, 7) is 0. The zero-order valence-corrected chi connectivity index (χ0v) is 11.5. The van der Waals surface area contributed by atoms with E-state index >= 15 is 0 Å². The third-order valence-electron chi connectivity index (χ3n) is 3.01. The molecule has 3 aromatic rings. The molecule has 0 amide bonds. The molecular formula is C13H7ClF4N4. The van der Waals surface area contributed by atoms with Gasteiger partial charge in [-0.3, -0.25) is 4.98 Å². The molecule has 0 saturated heterocycles. The van der Waals surface area contributed by atoms with Gasteiger partial charge in [-0.05, 0) is 18.2 Å². The number of hydrogen-bond acceptors (Lipinski definition) is 3. The van der Waals surface area contributed by atoms with Crippen LogP contribution in [0.4, 0.5) is 17.6 Å². The first-order valence-corrected chi connectivity index (χ1v) is 6.42. The Balaban J connectivity index is 2.21. The SMILES string of the molecule is FC(F)c1ncc(-c2ccc(Cl)c3ccnn23)nc1C(F)F. The smallest absolute Gasteiger partial charge is 0.251 e. The third kappa shape index (κ3) is 2.39. The van der Waals surface area contributed by atoms with Gasteiger partial charge >= 0.3 is 0 Å². The molecule has 3 aromatic heterocycles. The second-order valence-electron chi connectivity index (χ2n) is 4.32. The normalized spacial score (nSPS) is 11.8. The lowest BCUT2D eigenvalue weighted by molar-refractivity contribution is 0.116. The van der Waals surface area contributed by atoms with E-state index in [4.69, 9.17) is 11.6 Å². The van der Waals surface area contributed by atoms with Gasteiger partial charge in [0.1, 0.15) is 17.1 Å². The predicted octanol–water partition coefficient (Wildman–Crippen LogP) is 4.32. The second-order valence-corrected chi connectivity index (χ2v) is 4.73. The molecule has 4 nitrogen and oxygen atoms in total. The van der Waals surface area contributed by atoms with Crippen LogP contribution in [0.3, 0.4) is 0 Å². The van der Waals surface area contributed by atoms with Crippen LogP contribution in [0.15, 0.2) is 30.6 Å². The molecule has 0 radical (unpaired) electrons. The fraction of sp³-hybridized carbons (Fsp3) is 0.154. The quantitative estimate of drug-likeness (QED) is 0.672. The van der Waals surface area contributed by atoms with Gasteiger partial charge in [-0.1, -0.05) is 11.6 Å². The van der Waals surface area contributed by atoms with Crippen LogP contribution in [0.25, 0.3) is 16.9 Å². The summed E-state index contributed by atoms with van der Waals surface area (Å²) in [6.07, 6.45) is -3.80. The van der Waals surface area contributed by atoms with E-state index in [9.17, 15) is 17.6 Å². The van der Waals surface area contributed by atoms with Crippen LogP contribution in [0.5, 0.6) is 0 Å². The molecule has 0 bridgehead atoms. The summed E-state index contributed by atoms with van der Waals surface area (Å²) in [7, 11) is 0. The van der Waals surface area contributed by atoms with Crippen molar-refractivity contribution in [3.8, 4) is 11.4 Å². The second kappa shape index (κ2) is 5.53. The summed E-state index contributed by atoms with van der Waals surface area (Å²) >= 11 is 5.99. The molecule has 0 aliphatic carbocycles. The molecular weight excluding hydrogens is 324 g/mol. The van der Waals surface area contributed by atoms with Gasteiger partial charge in [-0.15, -0.1) is 0 Å². The van der Waals surface area contributed by atoms with Crippen molar-refractivity contribution in [2.45, 2.75) is 12.9 Å².